The standard InChI is InChI=1S/C27H28N6O2/c1-27(15-34-16-27)17-35-25-3-2-18(8-19(25)10-28)24-13-31-26-23(24)9-20(11-30-26)21-12-32-33(14-21)22-4-6-29-7-5-22/h2-3,8-9,11-14,22,29H,4-7,15-17H2,1H3,(H,30,31). The summed E-state index contributed by atoms with van der Waals surface area (Å²) >= 11 is 0. The van der Waals surface area contributed by atoms with Crippen molar-refractivity contribution in [1.29, 1.82) is 5.26 Å². The van der Waals surface area contributed by atoms with Gasteiger partial charge in [-0.3, -0.25) is 4.68 Å². The minimum Gasteiger partial charge on any atom is -0.491 e. The summed E-state index contributed by atoms with van der Waals surface area (Å²) < 4.78 is 13.4. The summed E-state index contributed by atoms with van der Waals surface area (Å²) in [4.78, 5) is 7.92. The Balaban J connectivity index is 1.29. The molecule has 5 heterocycles. The van der Waals surface area contributed by atoms with Crippen LogP contribution in [-0.4, -0.2) is 52.7 Å². The number of ether oxygens (including phenoxy) is 2. The summed E-state index contributed by atoms with van der Waals surface area (Å²) in [5.74, 6) is 0.605. The zero-order valence-electron chi connectivity index (χ0n) is 19.8. The molecule has 2 saturated heterocycles. The van der Waals surface area contributed by atoms with E-state index in [-0.39, 0.29) is 5.41 Å². The van der Waals surface area contributed by atoms with Gasteiger partial charge in [0.1, 0.15) is 17.5 Å². The van der Waals surface area contributed by atoms with Gasteiger partial charge in [-0.2, -0.15) is 10.4 Å². The highest BCUT2D eigenvalue weighted by molar-refractivity contribution is 5.96. The molecule has 4 aromatic rings. The zero-order valence-corrected chi connectivity index (χ0v) is 19.8. The number of H-pyrrole nitrogens is 1. The Hall–Kier alpha value is -3.67. The maximum absolute atomic E-state index is 9.77. The second kappa shape index (κ2) is 8.84. The molecule has 0 bridgehead atoms. The van der Waals surface area contributed by atoms with E-state index in [1.165, 1.54) is 0 Å². The third-order valence-electron chi connectivity index (χ3n) is 7.04. The van der Waals surface area contributed by atoms with E-state index in [9.17, 15) is 5.26 Å². The Morgan fingerprint density at radius 1 is 1.17 bits per heavy atom. The average Bonchev–Trinajstić information content (AvgIpc) is 3.54. The Morgan fingerprint density at radius 3 is 2.80 bits per heavy atom. The van der Waals surface area contributed by atoms with Gasteiger partial charge in [0.05, 0.1) is 37.6 Å². The van der Waals surface area contributed by atoms with Crippen LogP contribution in [0.25, 0.3) is 33.3 Å². The highest BCUT2D eigenvalue weighted by Gasteiger charge is 2.34. The first-order valence-electron chi connectivity index (χ1n) is 12.1. The van der Waals surface area contributed by atoms with Crippen LogP contribution < -0.4 is 10.1 Å². The van der Waals surface area contributed by atoms with Crippen LogP contribution >= 0.6 is 0 Å². The smallest absolute Gasteiger partial charge is 0.137 e. The van der Waals surface area contributed by atoms with E-state index in [0.717, 1.165) is 59.2 Å². The lowest BCUT2D eigenvalue weighted by Crippen LogP contribution is -2.44. The second-order valence-electron chi connectivity index (χ2n) is 9.93. The minimum absolute atomic E-state index is 0.0198. The van der Waals surface area contributed by atoms with Crippen LogP contribution in [0.5, 0.6) is 5.75 Å². The summed E-state index contributed by atoms with van der Waals surface area (Å²) in [5, 5.41) is 18.8. The number of rotatable bonds is 6. The summed E-state index contributed by atoms with van der Waals surface area (Å²) in [5.41, 5.74) is 5.38. The predicted molar refractivity (Wildman–Crippen MR) is 133 cm³/mol. The molecule has 0 saturated carbocycles. The Kier molecular flexibility index (Phi) is 5.51. The van der Waals surface area contributed by atoms with Crippen molar-refractivity contribution < 1.29 is 9.47 Å². The highest BCUT2D eigenvalue weighted by Crippen LogP contribution is 2.35. The van der Waals surface area contributed by atoms with E-state index in [1.807, 2.05) is 36.8 Å². The Morgan fingerprint density at radius 2 is 2.03 bits per heavy atom. The maximum Gasteiger partial charge on any atom is 0.137 e. The molecule has 0 radical (unpaired) electrons. The van der Waals surface area contributed by atoms with Gasteiger partial charge in [0.15, 0.2) is 0 Å². The highest BCUT2D eigenvalue weighted by atomic mass is 16.5. The third kappa shape index (κ3) is 4.18. The van der Waals surface area contributed by atoms with E-state index in [2.05, 4.69) is 50.3 Å². The predicted octanol–water partition coefficient (Wildman–Crippen LogP) is 4.30. The number of nitrogens with one attached hydrogen (secondary N) is 2. The van der Waals surface area contributed by atoms with Crippen LogP contribution in [0.1, 0.15) is 31.4 Å². The molecule has 0 amide bonds. The summed E-state index contributed by atoms with van der Waals surface area (Å²) in [7, 11) is 0. The van der Waals surface area contributed by atoms with Gasteiger partial charge in [0.2, 0.25) is 0 Å². The fourth-order valence-corrected chi connectivity index (χ4v) is 4.85. The summed E-state index contributed by atoms with van der Waals surface area (Å²) in [6.07, 6.45) is 10.1. The molecular formula is C27H28N6O2. The molecule has 35 heavy (non-hydrogen) atoms. The van der Waals surface area contributed by atoms with Crippen molar-refractivity contribution >= 4 is 11.0 Å². The van der Waals surface area contributed by atoms with Crippen LogP contribution in [0, 0.1) is 16.7 Å². The lowest BCUT2D eigenvalue weighted by atomic mass is 9.90. The molecule has 0 spiro atoms. The van der Waals surface area contributed by atoms with Crippen molar-refractivity contribution in [1.82, 2.24) is 25.1 Å². The van der Waals surface area contributed by atoms with Crippen molar-refractivity contribution in [3.63, 3.8) is 0 Å². The van der Waals surface area contributed by atoms with Gasteiger partial charge in [-0.05, 0) is 49.7 Å². The van der Waals surface area contributed by atoms with Crippen molar-refractivity contribution in [2.75, 3.05) is 32.9 Å². The van der Waals surface area contributed by atoms with Gasteiger partial charge in [-0.25, -0.2) is 4.98 Å². The van der Waals surface area contributed by atoms with E-state index >= 15 is 0 Å². The monoisotopic (exact) mass is 468 g/mol. The number of hydrogen-bond acceptors (Lipinski definition) is 6. The Labute approximate surface area is 203 Å². The molecule has 8 heteroatoms. The summed E-state index contributed by atoms with van der Waals surface area (Å²) in [6, 6.07) is 10.6. The molecule has 0 atom stereocenters. The van der Waals surface area contributed by atoms with E-state index < -0.39 is 0 Å². The van der Waals surface area contributed by atoms with Gasteiger partial charge in [0.25, 0.3) is 0 Å². The summed E-state index contributed by atoms with van der Waals surface area (Å²) in [6.45, 7) is 6.10. The first-order valence-corrected chi connectivity index (χ1v) is 12.1. The van der Waals surface area contributed by atoms with Gasteiger partial charge < -0.3 is 19.8 Å². The number of fused-ring (bicyclic) bond motifs is 1. The molecule has 6 rings (SSSR count). The lowest BCUT2D eigenvalue weighted by molar-refractivity contribution is -0.120. The number of piperidine rings is 1. The van der Waals surface area contributed by atoms with Gasteiger partial charge in [-0.1, -0.05) is 13.0 Å². The lowest BCUT2D eigenvalue weighted by Gasteiger charge is -2.37. The van der Waals surface area contributed by atoms with Crippen molar-refractivity contribution in [3.8, 4) is 34.1 Å². The van der Waals surface area contributed by atoms with Crippen LogP contribution in [0.15, 0.2) is 49.1 Å². The second-order valence-corrected chi connectivity index (χ2v) is 9.93. The third-order valence-corrected chi connectivity index (χ3v) is 7.04. The molecule has 2 aliphatic rings. The number of aromatic nitrogens is 4. The van der Waals surface area contributed by atoms with Crippen LogP contribution in [0.3, 0.4) is 0 Å². The topological polar surface area (TPSA) is 101 Å². The number of aromatic amines is 1. The van der Waals surface area contributed by atoms with Gasteiger partial charge in [0, 0.05) is 46.1 Å². The SMILES string of the molecule is CC1(COc2ccc(-c3c[nH]c4ncc(-c5cnn(C6CCNCC6)c5)cc34)cc2C#N)COC1. The number of hydrogen-bond donors (Lipinski definition) is 2. The zero-order chi connectivity index (χ0) is 23.8. The maximum atomic E-state index is 9.77. The quantitative estimate of drug-likeness (QED) is 0.437. The number of benzene rings is 1. The van der Waals surface area contributed by atoms with E-state index in [1.54, 1.807) is 0 Å². The molecule has 3 aromatic heterocycles. The van der Waals surface area contributed by atoms with Crippen LogP contribution in [-0.2, 0) is 4.74 Å². The largest absolute Gasteiger partial charge is 0.491 e. The minimum atomic E-state index is 0.0198. The molecule has 0 unspecified atom stereocenters. The molecule has 2 N–H and O–H groups in total. The first-order chi connectivity index (χ1) is 17.1. The number of nitriles is 1. The molecular weight excluding hydrogens is 440 g/mol. The van der Waals surface area contributed by atoms with Crippen molar-refractivity contribution in [2.45, 2.75) is 25.8 Å². The number of nitrogens with zero attached hydrogens (tertiary/aromatic N) is 4. The fraction of sp³-hybridized carbons (Fsp3) is 0.370. The molecule has 2 fully saturated rings. The van der Waals surface area contributed by atoms with Crippen LogP contribution in [0.4, 0.5) is 0 Å². The van der Waals surface area contributed by atoms with E-state index in [0.29, 0.717) is 37.2 Å². The Bertz CT molecular complexity index is 1400. The number of pyridine rings is 1. The van der Waals surface area contributed by atoms with Gasteiger partial charge >= 0.3 is 0 Å². The van der Waals surface area contributed by atoms with E-state index in [4.69, 9.17) is 9.47 Å². The average molecular weight is 469 g/mol. The first kappa shape index (κ1) is 21.8. The van der Waals surface area contributed by atoms with Crippen LogP contribution in [0.2, 0.25) is 0 Å². The molecule has 2 aliphatic heterocycles. The van der Waals surface area contributed by atoms with Gasteiger partial charge in [-0.15, -0.1) is 0 Å². The normalized spacial score (nSPS) is 17.7. The molecule has 1 aromatic carbocycles. The van der Waals surface area contributed by atoms with Crippen molar-refractivity contribution in [3.05, 3.63) is 54.6 Å². The molecule has 8 nitrogen and oxygen atoms in total. The molecule has 0 aliphatic carbocycles. The fourth-order valence-electron chi connectivity index (χ4n) is 4.85. The molecule has 178 valence electrons. The van der Waals surface area contributed by atoms with Crippen molar-refractivity contribution in [2.24, 2.45) is 5.41 Å².